The van der Waals surface area contributed by atoms with E-state index in [9.17, 15) is 8.78 Å². The molecule has 0 N–H and O–H groups in total. The van der Waals surface area contributed by atoms with E-state index in [1.54, 1.807) is 0 Å². The maximum atomic E-state index is 10.9. The number of halogens is 3. The second kappa shape index (κ2) is 2.08. The van der Waals surface area contributed by atoms with Gasteiger partial charge in [-0.25, -0.2) is 4.39 Å². The molecule has 0 saturated carbocycles. The molecule has 0 bridgehead atoms. The van der Waals surface area contributed by atoms with Crippen molar-refractivity contribution in [1.29, 1.82) is 0 Å². The van der Waals surface area contributed by atoms with Crippen molar-refractivity contribution in [2.24, 2.45) is 0 Å². The van der Waals surface area contributed by atoms with E-state index < -0.39 is 11.7 Å². The predicted molar refractivity (Wildman–Crippen MR) is 16.9 cm³/mol. The fourth-order valence-electron chi connectivity index (χ4n) is 0. The normalized spacial score (nSPS) is 13.8. The Morgan fingerprint density at radius 1 is 1.83 bits per heavy atom. The zero-order chi connectivity index (χ0) is 5.15. The van der Waals surface area contributed by atoms with Gasteiger partial charge in [0.25, 0.3) is 5.63 Å². The van der Waals surface area contributed by atoms with E-state index in [0.29, 0.717) is 0 Å². The molecule has 0 saturated heterocycles. The monoisotopic (exact) mass is 114 g/mol. The van der Waals surface area contributed by atoms with Crippen molar-refractivity contribution >= 4 is 17.6 Å². The Balaban J connectivity index is 3.26. The minimum Gasteiger partial charge on any atom is -0.256 e. The first kappa shape index (κ1) is 5.82. The Labute approximate surface area is 37.9 Å². The average Bonchev–Trinajstić information content (AvgIpc) is 1.36. The lowest BCUT2D eigenvalue weighted by Gasteiger charge is -1.79. The Morgan fingerprint density at radius 2 is 2.00 bits per heavy atom. The summed E-state index contributed by atoms with van der Waals surface area (Å²) in [5, 5.41) is 0. The molecule has 0 aliphatic carbocycles. The Hall–Kier alpha value is -0.180. The molecule has 0 aromatic rings. The third-order valence-electron chi connectivity index (χ3n) is 0.172. The van der Waals surface area contributed by atoms with E-state index in [0.717, 1.165) is 0 Å². The summed E-state index contributed by atoms with van der Waals surface area (Å²) < 4.78 is 21.5. The van der Waals surface area contributed by atoms with Crippen molar-refractivity contribution in [3.8, 4) is 0 Å². The number of hydrogen-bond acceptors (Lipinski definition) is 1. The van der Waals surface area contributed by atoms with Crippen molar-refractivity contribution in [3.05, 3.63) is 0 Å². The van der Waals surface area contributed by atoms with Crippen LogP contribution >= 0.6 is 11.6 Å². The van der Waals surface area contributed by atoms with Crippen LogP contribution in [0.25, 0.3) is 0 Å². The van der Waals surface area contributed by atoms with Crippen molar-refractivity contribution in [3.63, 3.8) is 0 Å². The van der Waals surface area contributed by atoms with Crippen molar-refractivity contribution in [2.75, 3.05) is 0 Å². The van der Waals surface area contributed by atoms with Crippen LogP contribution in [0.4, 0.5) is 8.78 Å². The van der Waals surface area contributed by atoms with Gasteiger partial charge in [0.1, 0.15) is 0 Å². The molecule has 36 valence electrons. The maximum Gasteiger partial charge on any atom is 0.350 e. The van der Waals surface area contributed by atoms with Gasteiger partial charge in [-0.05, 0) is 0 Å². The third kappa shape index (κ3) is 2.08. The number of carbonyl (C=O) groups is 1. The largest absolute Gasteiger partial charge is 0.350 e. The quantitative estimate of drug-likeness (QED) is 0.367. The molecule has 4 heteroatoms. The van der Waals surface area contributed by atoms with Gasteiger partial charge in [-0.2, -0.15) is 4.39 Å². The number of carbonyl (C=O) groups excluding carboxylic acids is 1. The highest BCUT2D eigenvalue weighted by Gasteiger charge is 2.09. The molecule has 0 fully saturated rings. The molecule has 0 amide bonds. The van der Waals surface area contributed by atoms with Crippen LogP contribution in [0, 0.1) is 0 Å². The molecule has 0 heterocycles. The van der Waals surface area contributed by atoms with E-state index in [1.165, 1.54) is 0 Å². The van der Waals surface area contributed by atoms with Gasteiger partial charge in [-0.3, -0.25) is 4.79 Å². The van der Waals surface area contributed by atoms with Crippen LogP contribution in [0.15, 0.2) is 0 Å². The molecule has 0 radical (unpaired) electrons. The van der Waals surface area contributed by atoms with Gasteiger partial charge in [-0.15, -0.1) is 0 Å². The summed E-state index contributed by atoms with van der Waals surface area (Å²) >= 11 is 4.22. The van der Waals surface area contributed by atoms with E-state index in [2.05, 4.69) is 11.6 Å². The molecular weight excluding hydrogens is 113 g/mol. The molecular formula is C2HClF2O. The molecule has 0 aliphatic rings. The molecule has 0 rings (SSSR count). The summed E-state index contributed by atoms with van der Waals surface area (Å²) in [5.74, 6) is 0. The van der Waals surface area contributed by atoms with Crippen molar-refractivity contribution in [1.82, 2.24) is 0 Å². The van der Waals surface area contributed by atoms with E-state index in [1.807, 2.05) is 0 Å². The lowest BCUT2D eigenvalue weighted by molar-refractivity contribution is -0.131. The minimum absolute atomic E-state index is 2.14. The fourth-order valence-corrected chi connectivity index (χ4v) is 0. The van der Waals surface area contributed by atoms with Gasteiger partial charge in [-0.1, -0.05) is 11.6 Å². The van der Waals surface area contributed by atoms with E-state index >= 15 is 0 Å². The summed E-state index contributed by atoms with van der Waals surface area (Å²) in [4.78, 5) is 8.97. The second-order valence-electron chi connectivity index (χ2n) is 0.605. The zero-order valence-corrected chi connectivity index (χ0v) is 3.38. The lowest BCUT2D eigenvalue weighted by atomic mass is 10.8. The number of hydrogen-bond donors (Lipinski definition) is 0. The lowest BCUT2D eigenvalue weighted by Crippen LogP contribution is -1.98. The standard InChI is InChI=1S/C2HClF2O/c3-1(4)2(5)6/h1H. The Morgan fingerprint density at radius 3 is 2.00 bits per heavy atom. The van der Waals surface area contributed by atoms with Crippen LogP contribution < -0.4 is 0 Å². The van der Waals surface area contributed by atoms with Crippen LogP contribution in [0.5, 0.6) is 0 Å². The first-order valence-corrected chi connectivity index (χ1v) is 1.55. The third-order valence-corrected chi connectivity index (χ3v) is 0.343. The van der Waals surface area contributed by atoms with Gasteiger partial charge in [0, 0.05) is 0 Å². The summed E-state index contributed by atoms with van der Waals surface area (Å²) in [6.07, 6.45) is 0. The maximum absolute atomic E-state index is 10.9. The molecule has 0 aliphatic heterocycles. The van der Waals surface area contributed by atoms with Crippen LogP contribution in [0.3, 0.4) is 0 Å². The highest BCUT2D eigenvalue weighted by atomic mass is 35.5. The first-order chi connectivity index (χ1) is 2.64. The summed E-state index contributed by atoms with van der Waals surface area (Å²) in [5.41, 5.74) is -2.48. The van der Waals surface area contributed by atoms with E-state index in [4.69, 9.17) is 4.79 Å². The van der Waals surface area contributed by atoms with Gasteiger partial charge >= 0.3 is 6.04 Å². The summed E-state index contributed by atoms with van der Waals surface area (Å²) in [6.45, 7) is 0. The number of rotatable bonds is 1. The van der Waals surface area contributed by atoms with Crippen LogP contribution in [-0.4, -0.2) is 11.7 Å². The molecule has 0 spiro atoms. The van der Waals surface area contributed by atoms with Crippen molar-refractivity contribution in [2.45, 2.75) is 5.63 Å². The fraction of sp³-hybridized carbons (Fsp3) is 0.500. The van der Waals surface area contributed by atoms with Crippen LogP contribution in [0.2, 0.25) is 0 Å². The SMILES string of the molecule is O=C(F)C(F)Cl. The molecule has 6 heavy (non-hydrogen) atoms. The molecule has 0 aromatic heterocycles. The smallest absolute Gasteiger partial charge is 0.256 e. The van der Waals surface area contributed by atoms with E-state index in [-0.39, 0.29) is 0 Å². The van der Waals surface area contributed by atoms with Gasteiger partial charge in [0.05, 0.1) is 0 Å². The summed E-state index contributed by atoms with van der Waals surface area (Å²) in [7, 11) is 0. The Kier molecular flexibility index (Phi) is 2.01. The first-order valence-electron chi connectivity index (χ1n) is 1.12. The summed E-state index contributed by atoms with van der Waals surface area (Å²) in [6, 6.07) is -2.14. The average molecular weight is 114 g/mol. The molecule has 0 aromatic carbocycles. The Bertz CT molecular complexity index is 62.6. The topological polar surface area (TPSA) is 17.1 Å². The highest BCUT2D eigenvalue weighted by Crippen LogP contribution is 1.97. The predicted octanol–water partition coefficient (Wildman–Crippen LogP) is 1.02. The van der Waals surface area contributed by atoms with Crippen LogP contribution in [0.1, 0.15) is 0 Å². The molecule has 1 atom stereocenters. The van der Waals surface area contributed by atoms with Gasteiger partial charge in [0.2, 0.25) is 0 Å². The molecule has 1 unspecified atom stereocenters. The number of alkyl halides is 2. The van der Waals surface area contributed by atoms with Gasteiger partial charge in [0.15, 0.2) is 0 Å². The zero-order valence-electron chi connectivity index (χ0n) is 2.62. The van der Waals surface area contributed by atoms with Crippen LogP contribution in [-0.2, 0) is 4.79 Å². The molecule has 1 nitrogen and oxygen atoms in total. The van der Waals surface area contributed by atoms with Crippen molar-refractivity contribution < 1.29 is 13.6 Å². The second-order valence-corrected chi connectivity index (χ2v) is 0.988. The highest BCUT2D eigenvalue weighted by molar-refractivity contribution is 6.28. The minimum atomic E-state index is -2.48. The van der Waals surface area contributed by atoms with Gasteiger partial charge < -0.3 is 0 Å².